The number of allylic oxidation sites excluding steroid dienone is 2. The quantitative estimate of drug-likeness (QED) is 0.638. The molecular weight excluding hydrogens is 454 g/mol. The van der Waals surface area contributed by atoms with E-state index in [4.69, 9.17) is 9.47 Å². The van der Waals surface area contributed by atoms with Crippen molar-refractivity contribution >= 4 is 11.7 Å². The molecule has 1 aromatic carbocycles. The van der Waals surface area contributed by atoms with Gasteiger partial charge in [0.05, 0.1) is 6.04 Å². The lowest BCUT2D eigenvalue weighted by Crippen LogP contribution is -2.72. The highest BCUT2D eigenvalue weighted by Gasteiger charge is 2.69. The van der Waals surface area contributed by atoms with Crippen molar-refractivity contribution in [3.63, 3.8) is 0 Å². The maximum atomic E-state index is 13.2. The van der Waals surface area contributed by atoms with E-state index in [1.54, 1.807) is 7.11 Å². The minimum atomic E-state index is -1.06. The smallest absolute Gasteiger partial charge is 0.252 e. The molecule has 1 amide bonds. The summed E-state index contributed by atoms with van der Waals surface area (Å²) in [7, 11) is 1.68. The first kappa shape index (κ1) is 23.9. The molecular formula is C30H37NO5. The Hall–Kier alpha value is -2.44. The molecule has 6 rings (SSSR count). The maximum Gasteiger partial charge on any atom is 0.252 e. The number of ketones is 1. The highest BCUT2D eigenvalue weighted by molar-refractivity contribution is 6.00. The van der Waals surface area contributed by atoms with E-state index < -0.39 is 28.8 Å². The molecule has 2 aliphatic heterocycles. The van der Waals surface area contributed by atoms with Crippen molar-refractivity contribution in [3.8, 4) is 5.75 Å². The number of fused-ring (bicyclic) bond motifs is 3. The van der Waals surface area contributed by atoms with Crippen molar-refractivity contribution in [2.24, 2.45) is 22.7 Å². The van der Waals surface area contributed by atoms with Crippen molar-refractivity contribution in [2.45, 2.75) is 83.1 Å². The van der Waals surface area contributed by atoms with Crippen LogP contribution in [0.4, 0.5) is 0 Å². The Morgan fingerprint density at radius 2 is 1.92 bits per heavy atom. The van der Waals surface area contributed by atoms with Crippen LogP contribution in [0.3, 0.4) is 0 Å². The molecule has 0 bridgehead atoms. The number of Topliss-reactive ketones (excluding diaryl/α,β-unsaturated/α-hetero) is 1. The molecule has 0 aromatic heterocycles. The Morgan fingerprint density at radius 1 is 1.14 bits per heavy atom. The summed E-state index contributed by atoms with van der Waals surface area (Å²) in [6.07, 6.45) is 10.6. The molecule has 1 spiro atoms. The summed E-state index contributed by atoms with van der Waals surface area (Å²) in [6, 6.07) is 3.56. The predicted molar refractivity (Wildman–Crippen MR) is 136 cm³/mol. The maximum absolute atomic E-state index is 13.2. The Morgan fingerprint density at radius 3 is 2.61 bits per heavy atom. The molecule has 7 atom stereocenters. The van der Waals surface area contributed by atoms with Crippen LogP contribution >= 0.6 is 0 Å². The van der Waals surface area contributed by atoms with Gasteiger partial charge in [-0.2, -0.15) is 0 Å². The Labute approximate surface area is 213 Å². The molecule has 2 heterocycles. The number of hydrogen-bond acceptors (Lipinski definition) is 5. The van der Waals surface area contributed by atoms with Crippen LogP contribution in [0.2, 0.25) is 0 Å². The standard InChI is InChI=1S/C30H37NO5/c1-17-9-12-21-27(2,3)25(33)20(32)16-30(21)28(17,4)15-18-10-11-19-22(23(18)36-30)24(31-26(19)34)29(35-5)13-7-6-8-14-29/h6-8,10-11,13,17,20-21,24,32H,9,12,14-16H2,1-5H3,(H,31,34)/t17-,20+,21-,24+,28+,29?,30-/m0/s1. The van der Waals surface area contributed by atoms with Gasteiger partial charge in [-0.1, -0.05) is 58.1 Å². The molecule has 2 fully saturated rings. The van der Waals surface area contributed by atoms with E-state index in [0.717, 1.165) is 36.1 Å². The normalized spacial score (nSPS) is 42.1. The molecule has 1 aromatic rings. The number of rotatable bonds is 2. The number of benzene rings is 1. The topological polar surface area (TPSA) is 84.9 Å². The SMILES string of the molecule is COC1([C@@H]2NC(=O)c3ccc4c(c32)O[C@@]23C[C@@H](O)C(=O)C(C)(C)[C@@H]2CC[C@H](C)[C@@]3(C)C4)C=CC=CC1. The highest BCUT2D eigenvalue weighted by atomic mass is 16.5. The highest BCUT2D eigenvalue weighted by Crippen LogP contribution is 2.66. The average molecular weight is 492 g/mol. The van der Waals surface area contributed by atoms with Gasteiger partial charge in [-0.25, -0.2) is 0 Å². The molecule has 36 heavy (non-hydrogen) atoms. The summed E-state index contributed by atoms with van der Waals surface area (Å²) in [5.74, 6) is 0.862. The Kier molecular flexibility index (Phi) is 5.02. The van der Waals surface area contributed by atoms with Crippen LogP contribution in [0.1, 0.15) is 80.9 Å². The van der Waals surface area contributed by atoms with Gasteiger partial charge >= 0.3 is 0 Å². The van der Waals surface area contributed by atoms with E-state index in [1.165, 1.54) is 0 Å². The number of aliphatic hydroxyl groups excluding tert-OH is 1. The second kappa shape index (κ2) is 7.55. The summed E-state index contributed by atoms with van der Waals surface area (Å²) in [5, 5.41) is 14.3. The lowest BCUT2D eigenvalue weighted by Gasteiger charge is -2.66. The van der Waals surface area contributed by atoms with Crippen molar-refractivity contribution in [2.75, 3.05) is 7.11 Å². The van der Waals surface area contributed by atoms with Crippen LogP contribution in [0, 0.1) is 22.7 Å². The molecule has 2 saturated carbocycles. The monoisotopic (exact) mass is 491 g/mol. The largest absolute Gasteiger partial charge is 0.486 e. The Balaban J connectivity index is 1.56. The number of ether oxygens (including phenoxy) is 2. The van der Waals surface area contributed by atoms with Crippen molar-refractivity contribution in [1.29, 1.82) is 0 Å². The zero-order valence-corrected chi connectivity index (χ0v) is 21.9. The lowest BCUT2D eigenvalue weighted by molar-refractivity contribution is -0.224. The summed E-state index contributed by atoms with van der Waals surface area (Å²) in [6.45, 7) is 8.51. The van der Waals surface area contributed by atoms with Crippen LogP contribution < -0.4 is 10.1 Å². The minimum Gasteiger partial charge on any atom is -0.486 e. The number of amides is 1. The minimum absolute atomic E-state index is 0.0245. The van der Waals surface area contributed by atoms with Crippen LogP contribution in [-0.4, -0.2) is 41.2 Å². The number of methoxy groups -OCH3 is 1. The van der Waals surface area contributed by atoms with Crippen molar-refractivity contribution in [3.05, 3.63) is 53.1 Å². The predicted octanol–water partition coefficient (Wildman–Crippen LogP) is 4.46. The molecule has 1 unspecified atom stereocenters. The molecule has 192 valence electrons. The van der Waals surface area contributed by atoms with Gasteiger partial charge in [0, 0.05) is 47.8 Å². The van der Waals surface area contributed by atoms with Gasteiger partial charge in [-0.15, -0.1) is 0 Å². The first-order chi connectivity index (χ1) is 17.0. The molecule has 5 aliphatic rings. The van der Waals surface area contributed by atoms with Crippen molar-refractivity contribution in [1.82, 2.24) is 5.32 Å². The zero-order chi connectivity index (χ0) is 25.7. The van der Waals surface area contributed by atoms with Gasteiger partial charge in [0.15, 0.2) is 5.78 Å². The van der Waals surface area contributed by atoms with E-state index in [2.05, 4.69) is 25.2 Å². The van der Waals surface area contributed by atoms with E-state index in [0.29, 0.717) is 17.9 Å². The first-order valence-electron chi connectivity index (χ1n) is 13.3. The first-order valence-corrected chi connectivity index (χ1v) is 13.3. The van der Waals surface area contributed by atoms with Crippen LogP contribution in [-0.2, 0) is 16.0 Å². The zero-order valence-electron chi connectivity index (χ0n) is 21.9. The molecule has 6 nitrogen and oxygen atoms in total. The molecule has 3 aliphatic carbocycles. The van der Waals surface area contributed by atoms with E-state index in [9.17, 15) is 14.7 Å². The van der Waals surface area contributed by atoms with Crippen molar-refractivity contribution < 1.29 is 24.2 Å². The third-order valence-corrected chi connectivity index (χ3v) is 10.7. The van der Waals surface area contributed by atoms with Gasteiger partial charge in [-0.05, 0) is 36.8 Å². The summed E-state index contributed by atoms with van der Waals surface area (Å²) in [5.41, 5.74) is 0.166. The summed E-state index contributed by atoms with van der Waals surface area (Å²) < 4.78 is 13.3. The lowest BCUT2D eigenvalue weighted by atomic mass is 9.43. The molecule has 6 heteroatoms. The summed E-state index contributed by atoms with van der Waals surface area (Å²) >= 11 is 0. The van der Waals surface area contributed by atoms with Crippen LogP contribution in [0.5, 0.6) is 5.75 Å². The molecule has 0 saturated heterocycles. The van der Waals surface area contributed by atoms with Gasteiger partial charge in [-0.3, -0.25) is 9.59 Å². The van der Waals surface area contributed by atoms with E-state index in [-0.39, 0.29) is 29.4 Å². The third-order valence-electron chi connectivity index (χ3n) is 10.7. The van der Waals surface area contributed by atoms with Gasteiger partial charge in [0.2, 0.25) is 0 Å². The van der Waals surface area contributed by atoms with Gasteiger partial charge in [0.1, 0.15) is 23.1 Å². The fourth-order valence-electron chi connectivity index (χ4n) is 8.35. The van der Waals surface area contributed by atoms with Crippen LogP contribution in [0.15, 0.2) is 36.4 Å². The van der Waals surface area contributed by atoms with E-state index >= 15 is 0 Å². The van der Waals surface area contributed by atoms with E-state index in [1.807, 2.05) is 44.2 Å². The van der Waals surface area contributed by atoms with Gasteiger partial charge in [0.25, 0.3) is 5.91 Å². The number of nitrogens with one attached hydrogen (secondary N) is 1. The van der Waals surface area contributed by atoms with Gasteiger partial charge < -0.3 is 19.9 Å². The number of hydrogen-bond donors (Lipinski definition) is 2. The van der Waals surface area contributed by atoms with Crippen LogP contribution in [0.25, 0.3) is 0 Å². The number of carbonyl (C=O) groups excluding carboxylic acids is 2. The Bertz CT molecular complexity index is 1220. The second-order valence-electron chi connectivity index (χ2n) is 12.5. The fourth-order valence-corrected chi connectivity index (χ4v) is 8.35. The fraction of sp³-hybridized carbons (Fsp3) is 0.600. The third kappa shape index (κ3) is 2.80. The summed E-state index contributed by atoms with van der Waals surface area (Å²) in [4.78, 5) is 26.4. The molecule has 0 radical (unpaired) electrons. The average Bonchev–Trinajstić information content (AvgIpc) is 3.20. The number of aliphatic hydroxyl groups is 1. The molecule has 2 N–H and O–H groups in total. The number of carbonyl (C=O) groups is 2. The second-order valence-corrected chi connectivity index (χ2v) is 12.5.